The van der Waals surface area contributed by atoms with Gasteiger partial charge in [-0.15, -0.1) is 0 Å². The molecule has 1 aliphatic rings. The van der Waals surface area contributed by atoms with Crippen molar-refractivity contribution >= 4 is 23.9 Å². The van der Waals surface area contributed by atoms with Gasteiger partial charge in [-0.2, -0.15) is 0 Å². The van der Waals surface area contributed by atoms with Crippen molar-refractivity contribution < 1.29 is 33.8 Å². The van der Waals surface area contributed by atoms with E-state index in [-0.39, 0.29) is 24.3 Å². The number of aliphatic hydroxyl groups excluding tert-OH is 1. The van der Waals surface area contributed by atoms with Gasteiger partial charge in [-0.1, -0.05) is 77.3 Å². The zero-order valence-electron chi connectivity index (χ0n) is 26.4. The maximum absolute atomic E-state index is 14.1. The Labute approximate surface area is 255 Å². The van der Waals surface area contributed by atoms with Crippen LogP contribution in [-0.2, 0) is 19.1 Å². The van der Waals surface area contributed by atoms with Crippen molar-refractivity contribution in [1.82, 2.24) is 21.1 Å². The summed E-state index contributed by atoms with van der Waals surface area (Å²) in [6.45, 7) is 7.51. The summed E-state index contributed by atoms with van der Waals surface area (Å²) in [5, 5.41) is 18.6. The van der Waals surface area contributed by atoms with E-state index in [0.717, 1.165) is 32.1 Å². The summed E-state index contributed by atoms with van der Waals surface area (Å²) in [6, 6.07) is 6.22. The van der Waals surface area contributed by atoms with E-state index in [0.29, 0.717) is 12.1 Å². The van der Waals surface area contributed by atoms with Crippen LogP contribution in [0.2, 0.25) is 0 Å². The van der Waals surface area contributed by atoms with E-state index < -0.39 is 54.0 Å². The number of hydrazine groups is 1. The lowest BCUT2D eigenvalue weighted by atomic mass is 9.80. The lowest BCUT2D eigenvalue weighted by molar-refractivity contribution is -0.133. The smallest absolute Gasteiger partial charge is 0.407 e. The monoisotopic (exact) mass is 605 g/mol. The van der Waals surface area contributed by atoms with E-state index in [1.165, 1.54) is 14.2 Å². The van der Waals surface area contributed by atoms with Gasteiger partial charge in [0.2, 0.25) is 0 Å². The number of amides is 3. The molecule has 0 aromatic heterocycles. The number of carbonyl (C=O) groups is 4. The fourth-order valence-corrected chi connectivity index (χ4v) is 5.58. The minimum absolute atomic E-state index is 0.106. The lowest BCUT2D eigenvalue weighted by Gasteiger charge is -2.37. The number of benzene rings is 1. The molecule has 0 aliphatic heterocycles. The molecule has 12 heteroatoms. The first-order valence-electron chi connectivity index (χ1n) is 15.2. The van der Waals surface area contributed by atoms with Gasteiger partial charge < -0.3 is 30.9 Å². The van der Waals surface area contributed by atoms with Crippen molar-refractivity contribution in [3.63, 3.8) is 0 Å². The van der Waals surface area contributed by atoms with E-state index in [2.05, 4.69) is 16.1 Å². The molecule has 0 heterocycles. The molecular weight excluding hydrogens is 554 g/mol. The van der Waals surface area contributed by atoms with Gasteiger partial charge in [0, 0.05) is 19.1 Å². The first-order chi connectivity index (χ1) is 20.4. The molecule has 242 valence electrons. The number of aliphatic hydroxyl groups is 1. The van der Waals surface area contributed by atoms with E-state index in [4.69, 9.17) is 15.2 Å². The molecule has 1 fully saturated rings. The molecule has 12 nitrogen and oxygen atoms in total. The largest absolute Gasteiger partial charge is 0.453 e. The number of alkyl carbamates (subject to hydrolysis) is 2. The molecule has 43 heavy (non-hydrogen) atoms. The van der Waals surface area contributed by atoms with Crippen molar-refractivity contribution in [1.29, 1.82) is 0 Å². The van der Waals surface area contributed by atoms with Gasteiger partial charge in [0.1, 0.15) is 6.04 Å². The molecule has 1 aromatic rings. The molecule has 1 saturated carbocycles. The number of methoxy groups -OCH3 is 2. The third-order valence-electron chi connectivity index (χ3n) is 8.03. The average molecular weight is 606 g/mol. The van der Waals surface area contributed by atoms with Crippen molar-refractivity contribution in [3.05, 3.63) is 35.9 Å². The van der Waals surface area contributed by atoms with Crippen LogP contribution >= 0.6 is 0 Å². The second-order valence-electron chi connectivity index (χ2n) is 12.0. The van der Waals surface area contributed by atoms with Crippen LogP contribution in [0.1, 0.15) is 71.4 Å². The average Bonchev–Trinajstić information content (AvgIpc) is 2.98. The number of hydrogen-bond acceptors (Lipinski definition) is 9. The molecule has 1 unspecified atom stereocenters. The van der Waals surface area contributed by atoms with E-state index in [1.54, 1.807) is 57.0 Å². The molecule has 0 spiro atoms. The number of Topliss-reactive ketones (excluding diaryl/α,β-unsaturated/α-hetero) is 1. The number of rotatable bonds is 15. The zero-order chi connectivity index (χ0) is 32.1. The first kappa shape index (κ1) is 36.0. The van der Waals surface area contributed by atoms with Gasteiger partial charge in [0.05, 0.1) is 32.3 Å². The molecule has 1 aromatic carbocycles. The number of nitrogens with two attached hydrogens (primary N) is 1. The fourth-order valence-electron chi connectivity index (χ4n) is 5.58. The van der Waals surface area contributed by atoms with E-state index in [9.17, 15) is 24.3 Å². The van der Waals surface area contributed by atoms with Crippen LogP contribution < -0.4 is 21.8 Å². The molecule has 5 atom stereocenters. The summed E-state index contributed by atoms with van der Waals surface area (Å²) in [5.74, 6) is -2.34. The molecule has 0 radical (unpaired) electrons. The summed E-state index contributed by atoms with van der Waals surface area (Å²) in [7, 11) is 2.44. The number of carbonyl (C=O) groups excluding carboxylic acids is 4. The molecule has 2 rings (SSSR count). The van der Waals surface area contributed by atoms with Crippen molar-refractivity contribution in [2.24, 2.45) is 29.4 Å². The number of nitrogens with one attached hydrogen (secondary N) is 3. The van der Waals surface area contributed by atoms with Crippen molar-refractivity contribution in [2.75, 3.05) is 27.3 Å². The number of ether oxygens (including phenoxy) is 2. The summed E-state index contributed by atoms with van der Waals surface area (Å²) < 4.78 is 9.45. The lowest BCUT2D eigenvalue weighted by Crippen LogP contribution is -2.58. The highest BCUT2D eigenvalue weighted by Gasteiger charge is 2.40. The van der Waals surface area contributed by atoms with Crippen LogP contribution in [0, 0.1) is 23.7 Å². The van der Waals surface area contributed by atoms with Gasteiger partial charge in [-0.3, -0.25) is 15.0 Å². The summed E-state index contributed by atoms with van der Waals surface area (Å²) in [4.78, 5) is 51.6. The van der Waals surface area contributed by atoms with Crippen LogP contribution in [0.25, 0.3) is 0 Å². The van der Waals surface area contributed by atoms with Gasteiger partial charge >= 0.3 is 12.2 Å². The zero-order valence-corrected chi connectivity index (χ0v) is 26.4. The van der Waals surface area contributed by atoms with Gasteiger partial charge in [-0.05, 0) is 36.2 Å². The highest BCUT2D eigenvalue weighted by molar-refractivity contribution is 5.90. The minimum atomic E-state index is -1.32. The molecule has 0 saturated heterocycles. The Morgan fingerprint density at radius 3 is 1.95 bits per heavy atom. The van der Waals surface area contributed by atoms with E-state index in [1.807, 2.05) is 6.07 Å². The summed E-state index contributed by atoms with van der Waals surface area (Å²) >= 11 is 0. The molecule has 3 amide bonds. The normalized spacial score (nSPS) is 17.5. The molecule has 0 bridgehead atoms. The van der Waals surface area contributed by atoms with Crippen LogP contribution in [0.5, 0.6) is 0 Å². The highest BCUT2D eigenvalue weighted by atomic mass is 16.5. The van der Waals surface area contributed by atoms with Crippen LogP contribution in [-0.4, -0.2) is 79.5 Å². The Morgan fingerprint density at radius 1 is 0.907 bits per heavy atom. The first-order valence-corrected chi connectivity index (χ1v) is 15.2. The van der Waals surface area contributed by atoms with Crippen LogP contribution in [0.15, 0.2) is 30.3 Å². The second kappa shape index (κ2) is 17.8. The van der Waals surface area contributed by atoms with Crippen molar-refractivity contribution in [3.8, 4) is 0 Å². The Balaban J connectivity index is 2.42. The molecule has 1 aliphatic carbocycles. The predicted molar refractivity (Wildman–Crippen MR) is 162 cm³/mol. The second-order valence-corrected chi connectivity index (χ2v) is 12.0. The highest BCUT2D eigenvalue weighted by Crippen LogP contribution is 2.28. The number of ketones is 1. The maximum Gasteiger partial charge on any atom is 0.407 e. The SMILES string of the molecule is COC(=O)N[C@H](C(=O)NN(CC1CCCCC1)C[C@@H](O)[C@@H](C(=O)[C@@H](NC(=O)OC)C(C)C)C(N)c1ccccc1)C(C)C. The van der Waals surface area contributed by atoms with Crippen LogP contribution in [0.3, 0.4) is 0 Å². The quantitative estimate of drug-likeness (QED) is 0.189. The standard InChI is InChI=1S/C31H51N5O7/c1-19(2)26(33-30(40)42-5)28(38)24(25(32)22-15-11-8-12-16-22)23(37)18-36(17-21-13-9-7-10-14-21)35-29(39)27(20(3)4)34-31(41)43-6/h8,11-12,15-16,19-21,23-27,37H,7,9-10,13-14,17-18,32H2,1-6H3,(H,33,40)(H,34,41)(H,35,39)/t23-,24-,25?,26+,27+/m1/s1. The fraction of sp³-hybridized carbons (Fsp3) is 0.677. The maximum atomic E-state index is 14.1. The van der Waals surface area contributed by atoms with Gasteiger partial charge in [0.25, 0.3) is 5.91 Å². The van der Waals surface area contributed by atoms with Crippen molar-refractivity contribution in [2.45, 2.75) is 84.0 Å². The Kier molecular flexibility index (Phi) is 14.9. The molecular formula is C31H51N5O7. The third kappa shape index (κ3) is 11.1. The number of nitrogens with zero attached hydrogens (tertiary/aromatic N) is 1. The predicted octanol–water partition coefficient (Wildman–Crippen LogP) is 2.91. The van der Waals surface area contributed by atoms with Gasteiger partial charge in [-0.25, -0.2) is 14.6 Å². The third-order valence-corrected chi connectivity index (χ3v) is 8.03. The van der Waals surface area contributed by atoms with E-state index >= 15 is 0 Å². The topological polar surface area (TPSA) is 172 Å². The summed E-state index contributed by atoms with van der Waals surface area (Å²) in [5.41, 5.74) is 10.2. The number of hydrogen-bond donors (Lipinski definition) is 5. The Bertz CT molecular complexity index is 1030. The van der Waals surface area contributed by atoms with Gasteiger partial charge in [0.15, 0.2) is 5.78 Å². The Hall–Kier alpha value is -3.22. The summed E-state index contributed by atoms with van der Waals surface area (Å²) in [6.07, 6.45) is 2.42. The minimum Gasteiger partial charge on any atom is -0.453 e. The molecule has 6 N–H and O–H groups in total. The van der Waals surface area contributed by atoms with Crippen LogP contribution in [0.4, 0.5) is 9.59 Å². The Morgan fingerprint density at radius 2 is 1.44 bits per heavy atom.